The summed E-state index contributed by atoms with van der Waals surface area (Å²) >= 11 is 6.92. The Morgan fingerprint density at radius 3 is 2.67 bits per heavy atom. The molecule has 108 valence electrons. The molecule has 3 nitrogen and oxygen atoms in total. The fourth-order valence-electron chi connectivity index (χ4n) is 2.26. The summed E-state index contributed by atoms with van der Waals surface area (Å²) in [6, 6.07) is 7.89. The van der Waals surface area contributed by atoms with Crippen LogP contribution in [0.25, 0.3) is 0 Å². The van der Waals surface area contributed by atoms with Gasteiger partial charge in [0.2, 0.25) is 0 Å². The molecule has 1 atom stereocenters. The van der Waals surface area contributed by atoms with Crippen molar-refractivity contribution in [1.82, 2.24) is 9.78 Å². The molecule has 0 saturated carbocycles. The third-order valence-electron chi connectivity index (χ3n) is 3.26. The van der Waals surface area contributed by atoms with Crippen molar-refractivity contribution in [3.63, 3.8) is 0 Å². The lowest BCUT2D eigenvalue weighted by atomic mass is 10.2. The number of ether oxygens (including phenoxy) is 1. The van der Waals surface area contributed by atoms with Gasteiger partial charge in [0.15, 0.2) is 0 Å². The summed E-state index contributed by atoms with van der Waals surface area (Å²) in [4.78, 5) is 0. The van der Waals surface area contributed by atoms with E-state index in [9.17, 15) is 0 Å². The van der Waals surface area contributed by atoms with Gasteiger partial charge < -0.3 is 4.74 Å². The lowest BCUT2D eigenvalue weighted by molar-refractivity contribution is -0.0395. The molecule has 5 heteroatoms. The molecule has 0 aliphatic carbocycles. The van der Waals surface area contributed by atoms with Crippen LogP contribution in [-0.2, 0) is 4.74 Å². The van der Waals surface area contributed by atoms with Crippen molar-refractivity contribution in [1.29, 1.82) is 0 Å². The van der Waals surface area contributed by atoms with Crippen molar-refractivity contribution in [3.8, 4) is 11.8 Å². The molecule has 1 aromatic carbocycles. The highest BCUT2D eigenvalue weighted by atomic mass is 79.9. The van der Waals surface area contributed by atoms with Gasteiger partial charge in [-0.25, -0.2) is 4.68 Å². The monoisotopic (exact) mass is 408 g/mol. The second kappa shape index (κ2) is 6.78. The number of hydrogen-bond acceptors (Lipinski definition) is 2. The van der Waals surface area contributed by atoms with Crippen LogP contribution in [0.2, 0.25) is 0 Å². The number of nitrogens with zero attached hydrogens (tertiary/aromatic N) is 2. The van der Waals surface area contributed by atoms with Gasteiger partial charge in [-0.2, -0.15) is 5.10 Å². The van der Waals surface area contributed by atoms with Gasteiger partial charge in [-0.3, -0.25) is 0 Å². The van der Waals surface area contributed by atoms with E-state index in [-0.39, 0.29) is 6.23 Å². The van der Waals surface area contributed by atoms with E-state index in [1.165, 1.54) is 6.42 Å². The zero-order valence-electron chi connectivity index (χ0n) is 11.4. The molecule has 0 bridgehead atoms. The summed E-state index contributed by atoms with van der Waals surface area (Å²) in [5.41, 5.74) is 1.71. The number of benzene rings is 1. The average molecular weight is 410 g/mol. The van der Waals surface area contributed by atoms with E-state index in [1.807, 2.05) is 35.1 Å². The third kappa shape index (κ3) is 3.97. The van der Waals surface area contributed by atoms with Crippen LogP contribution >= 0.6 is 31.9 Å². The minimum Gasteiger partial charge on any atom is -0.357 e. The number of halogens is 2. The summed E-state index contributed by atoms with van der Waals surface area (Å²) in [5.74, 6) is 6.23. The summed E-state index contributed by atoms with van der Waals surface area (Å²) in [6.07, 6.45) is 5.36. The van der Waals surface area contributed by atoms with Crippen LogP contribution < -0.4 is 0 Å². The molecule has 3 rings (SSSR count). The van der Waals surface area contributed by atoms with Crippen molar-refractivity contribution < 1.29 is 4.74 Å². The van der Waals surface area contributed by atoms with Gasteiger partial charge in [0.25, 0.3) is 0 Å². The molecular formula is C16H14Br2N2O. The lowest BCUT2D eigenvalue weighted by Crippen LogP contribution is -2.18. The highest BCUT2D eigenvalue weighted by Crippen LogP contribution is 2.22. The Hall–Kier alpha value is -1.09. The van der Waals surface area contributed by atoms with Crippen LogP contribution in [0.3, 0.4) is 0 Å². The molecule has 1 fully saturated rings. The Balaban J connectivity index is 1.76. The highest BCUT2D eigenvalue weighted by molar-refractivity contribution is 9.11. The molecule has 0 radical (unpaired) electrons. The maximum Gasteiger partial charge on any atom is 0.150 e. The van der Waals surface area contributed by atoms with Gasteiger partial charge in [0.1, 0.15) is 11.9 Å². The van der Waals surface area contributed by atoms with Gasteiger partial charge in [0.05, 0.1) is 0 Å². The number of aromatic nitrogens is 2. The van der Waals surface area contributed by atoms with Crippen LogP contribution in [0.15, 0.2) is 39.4 Å². The minimum atomic E-state index is 0.0642. The standard InChI is InChI=1S/C16H14Br2N2O/c17-13-9-12(10-14(18)11-13)4-5-15-6-7-20(19-15)16-3-1-2-8-21-16/h6-7,9-11,16H,1-3,8H2. The van der Waals surface area contributed by atoms with Crippen LogP contribution in [0.5, 0.6) is 0 Å². The summed E-state index contributed by atoms with van der Waals surface area (Å²) in [5, 5.41) is 4.49. The first-order valence-corrected chi connectivity index (χ1v) is 8.44. The summed E-state index contributed by atoms with van der Waals surface area (Å²) in [6.45, 7) is 0.817. The zero-order chi connectivity index (χ0) is 14.7. The van der Waals surface area contributed by atoms with E-state index >= 15 is 0 Å². The smallest absolute Gasteiger partial charge is 0.150 e. The Morgan fingerprint density at radius 1 is 1.14 bits per heavy atom. The Kier molecular flexibility index (Phi) is 4.79. The van der Waals surface area contributed by atoms with Gasteiger partial charge in [-0.15, -0.1) is 0 Å². The van der Waals surface area contributed by atoms with E-state index in [2.05, 4.69) is 48.8 Å². The maximum atomic E-state index is 5.71. The molecule has 1 aliphatic heterocycles. The SMILES string of the molecule is Brc1cc(Br)cc(C#Cc2ccn(C3CCCCO3)n2)c1. The van der Waals surface area contributed by atoms with Crippen molar-refractivity contribution in [2.45, 2.75) is 25.5 Å². The van der Waals surface area contributed by atoms with E-state index in [0.717, 1.165) is 39.7 Å². The maximum absolute atomic E-state index is 5.71. The third-order valence-corrected chi connectivity index (χ3v) is 4.17. The zero-order valence-corrected chi connectivity index (χ0v) is 14.5. The Labute approximate surface area is 140 Å². The minimum absolute atomic E-state index is 0.0642. The molecular weight excluding hydrogens is 396 g/mol. The Morgan fingerprint density at radius 2 is 1.95 bits per heavy atom. The molecule has 2 aromatic rings. The fraction of sp³-hybridized carbons (Fsp3) is 0.312. The summed E-state index contributed by atoms with van der Waals surface area (Å²) in [7, 11) is 0. The van der Waals surface area contributed by atoms with Crippen molar-refractivity contribution >= 4 is 31.9 Å². The van der Waals surface area contributed by atoms with Crippen molar-refractivity contribution in [2.24, 2.45) is 0 Å². The van der Waals surface area contributed by atoms with Gasteiger partial charge in [-0.1, -0.05) is 37.8 Å². The van der Waals surface area contributed by atoms with Crippen LogP contribution in [0.1, 0.15) is 36.7 Å². The molecule has 0 amide bonds. The second-order valence-corrected chi connectivity index (χ2v) is 6.74. The molecule has 2 heterocycles. The molecule has 1 aromatic heterocycles. The molecule has 1 aliphatic rings. The highest BCUT2D eigenvalue weighted by Gasteiger charge is 2.15. The number of hydrogen-bond donors (Lipinski definition) is 0. The first-order valence-electron chi connectivity index (χ1n) is 6.85. The molecule has 0 N–H and O–H groups in total. The second-order valence-electron chi connectivity index (χ2n) is 4.91. The molecule has 1 unspecified atom stereocenters. The van der Waals surface area contributed by atoms with Gasteiger partial charge in [0, 0.05) is 27.3 Å². The largest absolute Gasteiger partial charge is 0.357 e. The lowest BCUT2D eigenvalue weighted by Gasteiger charge is -2.22. The predicted molar refractivity (Wildman–Crippen MR) is 88.9 cm³/mol. The van der Waals surface area contributed by atoms with Gasteiger partial charge >= 0.3 is 0 Å². The fourth-order valence-corrected chi connectivity index (χ4v) is 3.55. The topological polar surface area (TPSA) is 27.1 Å². The quantitative estimate of drug-likeness (QED) is 0.648. The number of rotatable bonds is 1. The Bertz CT molecular complexity index is 674. The molecule has 0 spiro atoms. The van der Waals surface area contributed by atoms with E-state index < -0.39 is 0 Å². The van der Waals surface area contributed by atoms with E-state index in [0.29, 0.717) is 0 Å². The average Bonchev–Trinajstić information content (AvgIpc) is 2.94. The van der Waals surface area contributed by atoms with Crippen molar-refractivity contribution in [3.05, 3.63) is 50.7 Å². The molecule has 1 saturated heterocycles. The van der Waals surface area contributed by atoms with E-state index in [4.69, 9.17) is 4.74 Å². The summed E-state index contributed by atoms with van der Waals surface area (Å²) < 4.78 is 9.59. The molecule has 21 heavy (non-hydrogen) atoms. The van der Waals surface area contributed by atoms with Crippen LogP contribution in [-0.4, -0.2) is 16.4 Å². The first kappa shape index (κ1) is 14.8. The van der Waals surface area contributed by atoms with Crippen LogP contribution in [0.4, 0.5) is 0 Å². The van der Waals surface area contributed by atoms with Gasteiger partial charge in [-0.05, 0) is 49.4 Å². The van der Waals surface area contributed by atoms with E-state index in [1.54, 1.807) is 0 Å². The normalized spacial score (nSPS) is 18.1. The first-order chi connectivity index (χ1) is 10.2. The predicted octanol–water partition coefficient (Wildman–Crippen LogP) is 4.51. The van der Waals surface area contributed by atoms with Crippen molar-refractivity contribution in [2.75, 3.05) is 6.61 Å². The van der Waals surface area contributed by atoms with Crippen LogP contribution in [0, 0.1) is 11.8 Å².